The van der Waals surface area contributed by atoms with E-state index in [-0.39, 0.29) is 4.57 Å². The molecule has 0 aliphatic rings. The van der Waals surface area contributed by atoms with E-state index in [9.17, 15) is 39.9 Å². The highest BCUT2D eigenvalue weighted by molar-refractivity contribution is 6.76. The first kappa shape index (κ1) is 19.1. The van der Waals surface area contributed by atoms with Crippen molar-refractivity contribution in [1.29, 1.82) is 0 Å². The van der Waals surface area contributed by atoms with Gasteiger partial charge in [0.25, 0.3) is 0 Å². The summed E-state index contributed by atoms with van der Waals surface area (Å²) in [5.41, 5.74) is 0. The van der Waals surface area contributed by atoms with Crippen LogP contribution in [0.15, 0.2) is 0 Å². The SMILES string of the molecule is CN(C(=O)C(F)(F)F)[Si](C)(C)CCC(F)(F)C(F)(F)F. The minimum Gasteiger partial charge on any atom is -0.365 e. The molecule has 0 rings (SSSR count). The zero-order valence-electron chi connectivity index (χ0n) is 10.8. The van der Waals surface area contributed by atoms with Gasteiger partial charge in [-0.2, -0.15) is 35.1 Å². The molecule has 1 amide bonds. The van der Waals surface area contributed by atoms with Gasteiger partial charge in [0.2, 0.25) is 0 Å². The van der Waals surface area contributed by atoms with Gasteiger partial charge < -0.3 is 4.57 Å². The van der Waals surface area contributed by atoms with Gasteiger partial charge in [0.05, 0.1) is 0 Å². The molecule has 11 heteroatoms. The third kappa shape index (κ3) is 4.60. The van der Waals surface area contributed by atoms with Crippen LogP contribution in [-0.2, 0) is 4.79 Å². The van der Waals surface area contributed by atoms with E-state index in [0.717, 1.165) is 20.1 Å². The van der Waals surface area contributed by atoms with Gasteiger partial charge in [-0.05, 0) is 6.04 Å². The molecular formula is C9H13F8NOSi. The second-order valence-corrected chi connectivity index (χ2v) is 9.67. The van der Waals surface area contributed by atoms with Crippen LogP contribution in [0.5, 0.6) is 0 Å². The molecule has 0 atom stereocenters. The maximum Gasteiger partial charge on any atom is 0.470 e. The predicted octanol–water partition coefficient (Wildman–Crippen LogP) is 3.80. The van der Waals surface area contributed by atoms with Crippen molar-refractivity contribution in [3.05, 3.63) is 0 Å². The summed E-state index contributed by atoms with van der Waals surface area (Å²) in [5, 5.41) is 0. The van der Waals surface area contributed by atoms with Crippen LogP contribution in [-0.4, -0.2) is 44.0 Å². The van der Waals surface area contributed by atoms with E-state index in [1.54, 1.807) is 0 Å². The molecular weight excluding hydrogens is 318 g/mol. The van der Waals surface area contributed by atoms with Crippen LogP contribution in [0.25, 0.3) is 0 Å². The van der Waals surface area contributed by atoms with Crippen LogP contribution >= 0.6 is 0 Å². The monoisotopic (exact) mass is 331 g/mol. The second kappa shape index (κ2) is 5.49. The van der Waals surface area contributed by atoms with Crippen molar-refractivity contribution >= 4 is 14.1 Å². The lowest BCUT2D eigenvalue weighted by Crippen LogP contribution is -2.54. The molecule has 0 fully saturated rings. The van der Waals surface area contributed by atoms with Crippen molar-refractivity contribution in [3.63, 3.8) is 0 Å². The molecule has 0 aromatic rings. The average Bonchev–Trinajstić information content (AvgIpc) is 2.21. The van der Waals surface area contributed by atoms with Gasteiger partial charge in [-0.1, -0.05) is 13.1 Å². The Morgan fingerprint density at radius 2 is 1.40 bits per heavy atom. The summed E-state index contributed by atoms with van der Waals surface area (Å²) in [6.45, 7) is 2.23. The standard InChI is InChI=1S/C9H13F8NOSi/c1-18(6(19)8(12,13)14)20(2,3)5-4-7(10,11)9(15,16)17/h4-5H2,1-3H3. The fourth-order valence-electron chi connectivity index (χ4n) is 1.24. The molecule has 0 radical (unpaired) electrons. The van der Waals surface area contributed by atoms with E-state index in [1.165, 1.54) is 0 Å². The number of amides is 1. The fraction of sp³-hybridized carbons (Fsp3) is 0.889. The molecule has 0 saturated carbocycles. The van der Waals surface area contributed by atoms with Gasteiger partial charge in [-0.3, -0.25) is 4.79 Å². The van der Waals surface area contributed by atoms with Gasteiger partial charge >= 0.3 is 24.2 Å². The summed E-state index contributed by atoms with van der Waals surface area (Å²) in [6.07, 6.45) is -12.6. The summed E-state index contributed by atoms with van der Waals surface area (Å²) in [6, 6.07) is -0.808. The van der Waals surface area contributed by atoms with Crippen molar-refractivity contribution in [1.82, 2.24) is 4.57 Å². The molecule has 0 aromatic carbocycles. The molecule has 0 aliphatic heterocycles. The minimum atomic E-state index is -5.76. The molecule has 0 spiro atoms. The fourth-order valence-corrected chi connectivity index (χ4v) is 3.18. The van der Waals surface area contributed by atoms with Crippen LogP contribution in [0.1, 0.15) is 6.42 Å². The molecule has 0 saturated heterocycles. The lowest BCUT2D eigenvalue weighted by Gasteiger charge is -2.35. The lowest BCUT2D eigenvalue weighted by atomic mass is 10.2. The summed E-state index contributed by atoms with van der Waals surface area (Å²) >= 11 is 0. The number of carbonyl (C=O) groups excluding carboxylic acids is 1. The first-order valence-corrected chi connectivity index (χ1v) is 8.47. The average molecular weight is 331 g/mol. The van der Waals surface area contributed by atoms with Crippen molar-refractivity contribution in [2.75, 3.05) is 7.05 Å². The normalized spacial score (nSPS) is 14.3. The van der Waals surface area contributed by atoms with E-state index in [2.05, 4.69) is 0 Å². The Balaban J connectivity index is 4.89. The van der Waals surface area contributed by atoms with E-state index >= 15 is 0 Å². The Morgan fingerprint density at radius 3 is 1.70 bits per heavy atom. The Bertz CT molecular complexity index is 362. The number of nitrogens with zero attached hydrogens (tertiary/aromatic N) is 1. The second-order valence-electron chi connectivity index (χ2n) is 4.88. The van der Waals surface area contributed by atoms with E-state index in [0.29, 0.717) is 0 Å². The largest absolute Gasteiger partial charge is 0.470 e. The number of halogens is 8. The Labute approximate surface area is 110 Å². The van der Waals surface area contributed by atoms with Gasteiger partial charge in [-0.25, -0.2) is 0 Å². The van der Waals surface area contributed by atoms with Gasteiger partial charge in [0.15, 0.2) is 8.24 Å². The van der Waals surface area contributed by atoms with Gasteiger partial charge in [0.1, 0.15) is 0 Å². The highest BCUT2D eigenvalue weighted by atomic mass is 28.3. The van der Waals surface area contributed by atoms with Gasteiger partial charge in [0, 0.05) is 13.5 Å². The van der Waals surface area contributed by atoms with Crippen LogP contribution in [0.4, 0.5) is 35.1 Å². The lowest BCUT2D eigenvalue weighted by molar-refractivity contribution is -0.282. The molecule has 20 heavy (non-hydrogen) atoms. The minimum absolute atomic E-state index is 0.249. The molecule has 0 bridgehead atoms. The number of rotatable bonds is 4. The Morgan fingerprint density at radius 1 is 1.00 bits per heavy atom. The van der Waals surface area contributed by atoms with E-state index in [4.69, 9.17) is 0 Å². The first-order valence-electron chi connectivity index (χ1n) is 5.32. The third-order valence-corrected chi connectivity index (χ3v) is 6.41. The van der Waals surface area contributed by atoms with E-state index < -0.39 is 44.9 Å². The first-order chi connectivity index (χ1) is 8.52. The maximum atomic E-state index is 12.7. The topological polar surface area (TPSA) is 20.3 Å². The number of carbonyl (C=O) groups is 1. The summed E-state index contributed by atoms with van der Waals surface area (Å²) in [4.78, 5) is 11.0. The zero-order chi connectivity index (χ0) is 16.6. The molecule has 0 unspecified atom stereocenters. The number of alkyl halides is 8. The number of hydrogen-bond donors (Lipinski definition) is 0. The van der Waals surface area contributed by atoms with Crippen molar-refractivity contribution in [2.45, 2.75) is 43.8 Å². The highest BCUT2D eigenvalue weighted by Crippen LogP contribution is 2.40. The van der Waals surface area contributed by atoms with Crippen LogP contribution in [0, 0.1) is 0 Å². The zero-order valence-corrected chi connectivity index (χ0v) is 11.8. The van der Waals surface area contributed by atoms with Crippen molar-refractivity contribution < 1.29 is 39.9 Å². The summed E-state index contributed by atoms with van der Waals surface area (Å²) in [7, 11) is -2.63. The van der Waals surface area contributed by atoms with E-state index in [1.807, 2.05) is 0 Å². The quantitative estimate of drug-likeness (QED) is 0.567. The van der Waals surface area contributed by atoms with Crippen LogP contribution in [0.3, 0.4) is 0 Å². The summed E-state index contributed by atoms with van der Waals surface area (Å²) in [5.74, 6) is -7.23. The molecule has 0 N–H and O–H groups in total. The highest BCUT2D eigenvalue weighted by Gasteiger charge is 2.58. The Kier molecular flexibility index (Phi) is 5.25. The van der Waals surface area contributed by atoms with Crippen LogP contribution < -0.4 is 0 Å². The summed E-state index contributed by atoms with van der Waals surface area (Å²) < 4.78 is 98.2. The smallest absolute Gasteiger partial charge is 0.365 e. The molecule has 0 heterocycles. The van der Waals surface area contributed by atoms with Crippen molar-refractivity contribution in [2.24, 2.45) is 0 Å². The Hall–Kier alpha value is -0.873. The molecule has 2 nitrogen and oxygen atoms in total. The maximum absolute atomic E-state index is 12.7. The van der Waals surface area contributed by atoms with Crippen LogP contribution in [0.2, 0.25) is 19.1 Å². The third-order valence-electron chi connectivity index (χ3n) is 2.92. The molecule has 120 valence electrons. The van der Waals surface area contributed by atoms with Crippen molar-refractivity contribution in [3.8, 4) is 0 Å². The molecule has 0 aliphatic carbocycles. The predicted molar refractivity (Wildman–Crippen MR) is 56.7 cm³/mol. The number of hydrogen-bond acceptors (Lipinski definition) is 1. The molecule has 0 aromatic heterocycles. The van der Waals surface area contributed by atoms with Gasteiger partial charge in [-0.15, -0.1) is 0 Å².